The molecule has 2 nitrogen and oxygen atoms in total. The minimum Gasteiger partial charge on any atom is -0.271 e. The zero-order valence-corrected chi connectivity index (χ0v) is 9.50. The molecular weight excluding hydrogens is 172 g/mol. The number of hydrogen-bond acceptors (Lipinski definition) is 2. The van der Waals surface area contributed by atoms with Crippen molar-refractivity contribution in [1.82, 2.24) is 5.43 Å². The summed E-state index contributed by atoms with van der Waals surface area (Å²) in [6, 6.07) is 0.604. The molecule has 0 heterocycles. The minimum absolute atomic E-state index is 0.604. The van der Waals surface area contributed by atoms with Crippen LogP contribution in [0.1, 0.15) is 46.0 Å². The van der Waals surface area contributed by atoms with Crippen LogP contribution in [0.2, 0.25) is 0 Å². The van der Waals surface area contributed by atoms with Gasteiger partial charge in [0.05, 0.1) is 0 Å². The molecule has 2 fully saturated rings. The summed E-state index contributed by atoms with van der Waals surface area (Å²) in [5, 5.41) is 0. The molecule has 14 heavy (non-hydrogen) atoms. The molecule has 0 radical (unpaired) electrons. The van der Waals surface area contributed by atoms with Crippen molar-refractivity contribution in [2.75, 3.05) is 0 Å². The van der Waals surface area contributed by atoms with Gasteiger partial charge in [0.1, 0.15) is 0 Å². The molecule has 0 saturated heterocycles. The van der Waals surface area contributed by atoms with E-state index in [1.807, 2.05) is 0 Å². The van der Waals surface area contributed by atoms with Crippen molar-refractivity contribution in [3.63, 3.8) is 0 Å². The van der Waals surface area contributed by atoms with Gasteiger partial charge >= 0.3 is 0 Å². The Labute approximate surface area is 87.6 Å². The molecule has 5 atom stereocenters. The van der Waals surface area contributed by atoms with Gasteiger partial charge in [-0.15, -0.1) is 0 Å². The third-order valence-electron chi connectivity index (χ3n) is 4.31. The van der Waals surface area contributed by atoms with E-state index in [9.17, 15) is 0 Å². The molecular formula is C12H24N2. The van der Waals surface area contributed by atoms with Gasteiger partial charge in [-0.1, -0.05) is 26.7 Å². The Morgan fingerprint density at radius 2 is 1.93 bits per heavy atom. The molecule has 0 aliphatic heterocycles. The Hall–Kier alpha value is -0.0800. The average Bonchev–Trinajstić information content (AvgIpc) is 2.84. The van der Waals surface area contributed by atoms with Crippen LogP contribution in [0.4, 0.5) is 0 Å². The van der Waals surface area contributed by atoms with Crippen molar-refractivity contribution >= 4 is 0 Å². The molecule has 2 aliphatic rings. The quantitative estimate of drug-likeness (QED) is 0.537. The third-order valence-corrected chi connectivity index (χ3v) is 4.31. The molecule has 2 saturated carbocycles. The monoisotopic (exact) mass is 196 g/mol. The SMILES string of the molecule is CC1CCCC(C(NN)C2CC2C)C1. The number of hydrazine groups is 1. The summed E-state index contributed by atoms with van der Waals surface area (Å²) in [6.07, 6.45) is 7.00. The van der Waals surface area contributed by atoms with Crippen LogP contribution in [0.15, 0.2) is 0 Å². The number of rotatable bonds is 3. The fourth-order valence-corrected chi connectivity index (χ4v) is 3.27. The summed E-state index contributed by atoms with van der Waals surface area (Å²) in [5.41, 5.74) is 3.08. The average molecular weight is 196 g/mol. The summed E-state index contributed by atoms with van der Waals surface area (Å²) in [6.45, 7) is 4.73. The zero-order chi connectivity index (χ0) is 10.1. The highest BCUT2D eigenvalue weighted by Crippen LogP contribution is 2.45. The van der Waals surface area contributed by atoms with E-state index in [2.05, 4.69) is 19.3 Å². The van der Waals surface area contributed by atoms with Gasteiger partial charge in [0, 0.05) is 6.04 Å². The van der Waals surface area contributed by atoms with Gasteiger partial charge in [-0.3, -0.25) is 11.3 Å². The minimum atomic E-state index is 0.604. The molecule has 5 unspecified atom stereocenters. The standard InChI is InChI=1S/C12H24N2/c1-8-4-3-5-10(6-8)12(14-13)11-7-9(11)2/h8-12,14H,3-7,13H2,1-2H3. The maximum atomic E-state index is 5.70. The highest BCUT2D eigenvalue weighted by Gasteiger charge is 2.43. The van der Waals surface area contributed by atoms with Crippen molar-refractivity contribution in [3.8, 4) is 0 Å². The van der Waals surface area contributed by atoms with Gasteiger partial charge in [-0.2, -0.15) is 0 Å². The lowest BCUT2D eigenvalue weighted by Crippen LogP contribution is -2.44. The predicted octanol–water partition coefficient (Wildman–Crippen LogP) is 2.30. The van der Waals surface area contributed by atoms with Crippen molar-refractivity contribution < 1.29 is 0 Å². The van der Waals surface area contributed by atoms with Gasteiger partial charge in [0.15, 0.2) is 0 Å². The van der Waals surface area contributed by atoms with E-state index in [0.29, 0.717) is 6.04 Å². The second-order valence-corrected chi connectivity index (χ2v) is 5.60. The van der Waals surface area contributed by atoms with Gasteiger partial charge < -0.3 is 0 Å². The first-order valence-corrected chi connectivity index (χ1v) is 6.18. The molecule has 0 amide bonds. The number of nitrogens with two attached hydrogens (primary N) is 1. The Morgan fingerprint density at radius 1 is 1.21 bits per heavy atom. The summed E-state index contributed by atoms with van der Waals surface area (Å²) in [4.78, 5) is 0. The van der Waals surface area contributed by atoms with Crippen molar-refractivity contribution in [3.05, 3.63) is 0 Å². The van der Waals surface area contributed by atoms with E-state index < -0.39 is 0 Å². The second kappa shape index (κ2) is 4.19. The van der Waals surface area contributed by atoms with E-state index in [1.54, 1.807) is 0 Å². The summed E-state index contributed by atoms with van der Waals surface area (Å²) < 4.78 is 0. The summed E-state index contributed by atoms with van der Waals surface area (Å²) >= 11 is 0. The third kappa shape index (κ3) is 2.12. The summed E-state index contributed by atoms with van der Waals surface area (Å²) in [7, 11) is 0. The first-order valence-electron chi connectivity index (χ1n) is 6.18. The smallest absolute Gasteiger partial charge is 0.0269 e. The maximum absolute atomic E-state index is 5.70. The Bertz CT molecular complexity index is 193. The maximum Gasteiger partial charge on any atom is 0.0269 e. The van der Waals surface area contributed by atoms with E-state index in [0.717, 1.165) is 23.7 Å². The Morgan fingerprint density at radius 3 is 2.43 bits per heavy atom. The van der Waals surface area contributed by atoms with E-state index >= 15 is 0 Å². The Kier molecular flexibility index (Phi) is 3.13. The van der Waals surface area contributed by atoms with Crippen LogP contribution in [0.25, 0.3) is 0 Å². The first-order chi connectivity index (χ1) is 6.72. The lowest BCUT2D eigenvalue weighted by molar-refractivity contribution is 0.204. The largest absolute Gasteiger partial charge is 0.271 e. The van der Waals surface area contributed by atoms with E-state index in [1.165, 1.54) is 32.1 Å². The molecule has 3 N–H and O–H groups in total. The molecule has 82 valence electrons. The zero-order valence-electron chi connectivity index (χ0n) is 9.50. The molecule has 0 aromatic heterocycles. The van der Waals surface area contributed by atoms with Crippen LogP contribution in [-0.2, 0) is 0 Å². The van der Waals surface area contributed by atoms with E-state index in [-0.39, 0.29) is 0 Å². The van der Waals surface area contributed by atoms with Crippen molar-refractivity contribution in [1.29, 1.82) is 0 Å². The van der Waals surface area contributed by atoms with Crippen LogP contribution in [-0.4, -0.2) is 6.04 Å². The highest BCUT2D eigenvalue weighted by atomic mass is 15.2. The van der Waals surface area contributed by atoms with Gasteiger partial charge in [0.2, 0.25) is 0 Å². The van der Waals surface area contributed by atoms with Crippen molar-refractivity contribution in [2.24, 2.45) is 29.5 Å². The topological polar surface area (TPSA) is 38.0 Å². The molecule has 0 bridgehead atoms. The molecule has 0 aromatic rings. The van der Waals surface area contributed by atoms with E-state index in [4.69, 9.17) is 5.84 Å². The van der Waals surface area contributed by atoms with Crippen LogP contribution in [0.5, 0.6) is 0 Å². The summed E-state index contributed by atoms with van der Waals surface area (Å²) in [5.74, 6) is 9.24. The number of hydrogen-bond donors (Lipinski definition) is 2. The molecule has 2 heteroatoms. The van der Waals surface area contributed by atoms with Crippen LogP contribution in [0.3, 0.4) is 0 Å². The van der Waals surface area contributed by atoms with Crippen LogP contribution in [0, 0.1) is 23.7 Å². The van der Waals surface area contributed by atoms with Gasteiger partial charge in [-0.05, 0) is 42.9 Å². The molecule has 2 rings (SSSR count). The molecule has 0 aromatic carbocycles. The van der Waals surface area contributed by atoms with Crippen LogP contribution >= 0.6 is 0 Å². The number of nitrogens with one attached hydrogen (secondary N) is 1. The fourth-order valence-electron chi connectivity index (χ4n) is 3.27. The Balaban J connectivity index is 1.90. The normalized spacial score (nSPS) is 44.8. The molecule has 2 aliphatic carbocycles. The lowest BCUT2D eigenvalue weighted by Gasteiger charge is -2.33. The highest BCUT2D eigenvalue weighted by molar-refractivity contribution is 4.95. The van der Waals surface area contributed by atoms with Gasteiger partial charge in [0.25, 0.3) is 0 Å². The first kappa shape index (κ1) is 10.4. The van der Waals surface area contributed by atoms with Crippen molar-refractivity contribution in [2.45, 2.75) is 52.0 Å². The van der Waals surface area contributed by atoms with Crippen LogP contribution < -0.4 is 11.3 Å². The predicted molar refractivity (Wildman–Crippen MR) is 59.5 cm³/mol. The fraction of sp³-hybridized carbons (Fsp3) is 1.00. The lowest BCUT2D eigenvalue weighted by atomic mass is 9.77. The molecule has 0 spiro atoms. The second-order valence-electron chi connectivity index (χ2n) is 5.60. The van der Waals surface area contributed by atoms with Gasteiger partial charge in [-0.25, -0.2) is 0 Å².